The fourth-order valence-corrected chi connectivity index (χ4v) is 1.87. The molecule has 1 aliphatic carbocycles. The van der Waals surface area contributed by atoms with E-state index in [-0.39, 0.29) is 12.3 Å². The number of allylic oxidation sites excluding steroid dienone is 2. The third-order valence-electron chi connectivity index (χ3n) is 2.63. The van der Waals surface area contributed by atoms with Gasteiger partial charge in [0.15, 0.2) is 0 Å². The first kappa shape index (κ1) is 7.77. The van der Waals surface area contributed by atoms with Gasteiger partial charge in [-0.05, 0) is 19.3 Å². The minimum absolute atomic E-state index is 0.243. The molecule has 0 aromatic heterocycles. The Balaban J connectivity index is 2.29. The van der Waals surface area contributed by atoms with Crippen LogP contribution in [0, 0.1) is 5.92 Å². The summed E-state index contributed by atoms with van der Waals surface area (Å²) in [4.78, 5) is 11.1. The van der Waals surface area contributed by atoms with Gasteiger partial charge in [-0.15, -0.1) is 0 Å². The van der Waals surface area contributed by atoms with E-state index in [1.807, 2.05) is 12.2 Å². The quantitative estimate of drug-likeness (QED) is 0.408. The highest BCUT2D eigenvalue weighted by atomic mass is 19.1. The molecule has 2 aliphatic rings. The van der Waals surface area contributed by atoms with E-state index in [4.69, 9.17) is 4.74 Å². The van der Waals surface area contributed by atoms with Gasteiger partial charge in [-0.1, -0.05) is 12.2 Å². The Hall–Kier alpha value is -0.860. The molecule has 0 radical (unpaired) electrons. The van der Waals surface area contributed by atoms with Gasteiger partial charge in [-0.25, -0.2) is 9.18 Å². The number of ether oxygens (including phenoxy) is 1. The average Bonchev–Trinajstić information content (AvgIpc) is 2.07. The number of alkyl halides is 1. The third kappa shape index (κ3) is 0.958. The van der Waals surface area contributed by atoms with Gasteiger partial charge < -0.3 is 4.74 Å². The van der Waals surface area contributed by atoms with Crippen molar-refractivity contribution in [2.75, 3.05) is 6.61 Å². The number of esters is 1. The molecule has 0 spiro atoms. The summed E-state index contributed by atoms with van der Waals surface area (Å²) in [5.74, 6) is -0.907. The van der Waals surface area contributed by atoms with Crippen LogP contribution >= 0.6 is 0 Å². The molecule has 66 valence electrons. The van der Waals surface area contributed by atoms with Crippen molar-refractivity contribution in [1.82, 2.24) is 0 Å². The van der Waals surface area contributed by atoms with E-state index in [1.165, 1.54) is 0 Å². The zero-order valence-corrected chi connectivity index (χ0v) is 6.75. The van der Waals surface area contributed by atoms with Gasteiger partial charge in [0, 0.05) is 5.92 Å². The number of hydrogen-bond donors (Lipinski definition) is 0. The number of fused-ring (bicyclic) bond motifs is 1. The molecule has 0 aromatic carbocycles. The maximum Gasteiger partial charge on any atom is 0.344 e. The largest absolute Gasteiger partial charge is 0.463 e. The first-order chi connectivity index (χ1) is 5.73. The first-order valence-corrected chi connectivity index (χ1v) is 4.26. The molecule has 0 N–H and O–H groups in total. The van der Waals surface area contributed by atoms with Crippen molar-refractivity contribution in [2.24, 2.45) is 5.92 Å². The molecule has 1 saturated heterocycles. The van der Waals surface area contributed by atoms with Crippen LogP contribution in [0.2, 0.25) is 0 Å². The Kier molecular flexibility index (Phi) is 1.67. The monoisotopic (exact) mass is 170 g/mol. The van der Waals surface area contributed by atoms with Crippen LogP contribution in [0.25, 0.3) is 0 Å². The van der Waals surface area contributed by atoms with E-state index in [9.17, 15) is 9.18 Å². The number of halogens is 1. The lowest BCUT2D eigenvalue weighted by Crippen LogP contribution is -2.47. The maximum atomic E-state index is 13.9. The van der Waals surface area contributed by atoms with E-state index >= 15 is 0 Å². The van der Waals surface area contributed by atoms with Crippen LogP contribution < -0.4 is 0 Å². The van der Waals surface area contributed by atoms with Crippen molar-refractivity contribution >= 4 is 5.97 Å². The SMILES string of the molecule is O=C1OCC[C@H]2C=CCC[C@@]12F. The van der Waals surface area contributed by atoms with Crippen LogP contribution in [0.3, 0.4) is 0 Å². The number of cyclic esters (lactones) is 1. The Morgan fingerprint density at radius 3 is 3.25 bits per heavy atom. The van der Waals surface area contributed by atoms with Crippen LogP contribution in [0.1, 0.15) is 19.3 Å². The fraction of sp³-hybridized carbons (Fsp3) is 0.667. The molecule has 1 heterocycles. The van der Waals surface area contributed by atoms with E-state index in [2.05, 4.69) is 0 Å². The molecule has 1 fully saturated rings. The highest BCUT2D eigenvalue weighted by Gasteiger charge is 2.49. The summed E-state index contributed by atoms with van der Waals surface area (Å²) in [7, 11) is 0. The minimum Gasteiger partial charge on any atom is -0.463 e. The zero-order chi connectivity index (χ0) is 8.60. The smallest absolute Gasteiger partial charge is 0.344 e. The van der Waals surface area contributed by atoms with E-state index in [0.29, 0.717) is 19.4 Å². The van der Waals surface area contributed by atoms with Gasteiger partial charge in [-0.3, -0.25) is 0 Å². The minimum atomic E-state index is -1.72. The lowest BCUT2D eigenvalue weighted by Gasteiger charge is -2.35. The summed E-state index contributed by atoms with van der Waals surface area (Å²) in [5, 5.41) is 0. The molecule has 1 aliphatic heterocycles. The van der Waals surface area contributed by atoms with Crippen molar-refractivity contribution in [2.45, 2.75) is 24.9 Å². The van der Waals surface area contributed by atoms with Gasteiger partial charge in [0.2, 0.25) is 5.67 Å². The summed E-state index contributed by atoms with van der Waals surface area (Å²) in [6.45, 7) is 0.361. The first-order valence-electron chi connectivity index (χ1n) is 4.26. The van der Waals surface area contributed by atoms with Gasteiger partial charge in [0.05, 0.1) is 6.61 Å². The molecule has 0 aromatic rings. The van der Waals surface area contributed by atoms with Crippen molar-refractivity contribution < 1.29 is 13.9 Å². The van der Waals surface area contributed by atoms with Crippen LogP contribution in [0.4, 0.5) is 4.39 Å². The third-order valence-corrected chi connectivity index (χ3v) is 2.63. The van der Waals surface area contributed by atoms with Gasteiger partial charge in [0.1, 0.15) is 0 Å². The normalized spacial score (nSPS) is 40.4. The lowest BCUT2D eigenvalue weighted by molar-refractivity contribution is -0.169. The number of rotatable bonds is 0. The predicted molar refractivity (Wildman–Crippen MR) is 41.3 cm³/mol. The summed E-state index contributed by atoms with van der Waals surface area (Å²) in [6, 6.07) is 0. The number of carbonyl (C=O) groups excluding carboxylic acids is 1. The van der Waals surface area contributed by atoms with Crippen molar-refractivity contribution in [3.8, 4) is 0 Å². The summed E-state index contributed by atoms with van der Waals surface area (Å²) >= 11 is 0. The standard InChI is InChI=1S/C9H11FO2/c10-9-5-2-1-3-7(9)4-6-12-8(9)11/h1,3,7H,2,4-6H2/t7-,9+/m1/s1. The lowest BCUT2D eigenvalue weighted by atomic mass is 9.78. The molecular formula is C9H11FO2. The highest BCUT2D eigenvalue weighted by Crippen LogP contribution is 2.38. The molecule has 0 bridgehead atoms. The number of carbonyl (C=O) groups is 1. The van der Waals surface area contributed by atoms with Gasteiger partial charge >= 0.3 is 5.97 Å². The molecule has 2 atom stereocenters. The van der Waals surface area contributed by atoms with Crippen LogP contribution in [-0.2, 0) is 9.53 Å². The van der Waals surface area contributed by atoms with Crippen LogP contribution in [0.15, 0.2) is 12.2 Å². The van der Waals surface area contributed by atoms with Gasteiger partial charge in [0.25, 0.3) is 0 Å². The van der Waals surface area contributed by atoms with E-state index in [0.717, 1.165) is 0 Å². The Morgan fingerprint density at radius 1 is 1.67 bits per heavy atom. The summed E-state index contributed by atoms with van der Waals surface area (Å²) in [5.41, 5.74) is -1.72. The Morgan fingerprint density at radius 2 is 2.50 bits per heavy atom. The molecule has 0 unspecified atom stereocenters. The van der Waals surface area contributed by atoms with Crippen molar-refractivity contribution in [1.29, 1.82) is 0 Å². The predicted octanol–water partition coefficient (Wildman–Crippen LogP) is 1.61. The highest BCUT2D eigenvalue weighted by molar-refractivity contribution is 5.81. The van der Waals surface area contributed by atoms with Gasteiger partial charge in [-0.2, -0.15) is 0 Å². The van der Waals surface area contributed by atoms with Crippen molar-refractivity contribution in [3.63, 3.8) is 0 Å². The number of hydrogen-bond acceptors (Lipinski definition) is 2. The summed E-state index contributed by atoms with van der Waals surface area (Å²) in [6.07, 6.45) is 5.30. The maximum absolute atomic E-state index is 13.9. The van der Waals surface area contributed by atoms with Crippen molar-refractivity contribution in [3.05, 3.63) is 12.2 Å². The van der Waals surface area contributed by atoms with Crippen LogP contribution in [-0.4, -0.2) is 18.2 Å². The fourth-order valence-electron chi connectivity index (χ4n) is 1.87. The molecule has 0 amide bonds. The molecule has 12 heavy (non-hydrogen) atoms. The van der Waals surface area contributed by atoms with E-state index in [1.54, 1.807) is 0 Å². The molecule has 2 nitrogen and oxygen atoms in total. The van der Waals surface area contributed by atoms with E-state index < -0.39 is 11.6 Å². The average molecular weight is 170 g/mol. The molecular weight excluding hydrogens is 159 g/mol. The summed E-state index contributed by atoms with van der Waals surface area (Å²) < 4.78 is 18.6. The Labute approximate surface area is 70.4 Å². The Bertz CT molecular complexity index is 237. The molecule has 0 saturated carbocycles. The second-order valence-electron chi connectivity index (χ2n) is 3.36. The second kappa shape index (κ2) is 2.57. The topological polar surface area (TPSA) is 26.3 Å². The van der Waals surface area contributed by atoms with Crippen LogP contribution in [0.5, 0.6) is 0 Å². The zero-order valence-electron chi connectivity index (χ0n) is 6.75. The molecule has 3 heteroatoms. The molecule has 2 rings (SSSR count). The second-order valence-corrected chi connectivity index (χ2v) is 3.36.